The fraction of sp³-hybridized carbons (Fsp3) is 0.167. The number of amides is 2. The van der Waals surface area contributed by atoms with Crippen molar-refractivity contribution in [2.45, 2.75) is 11.2 Å². The van der Waals surface area contributed by atoms with Gasteiger partial charge in [0.15, 0.2) is 0 Å². The SMILES string of the molecule is C#CCNC(=O)c1ccccc1NC(=O)CSc1ccc(C(F)(F)F)cn1. The minimum Gasteiger partial charge on any atom is -0.341 e. The van der Waals surface area contributed by atoms with Crippen LogP contribution in [0.1, 0.15) is 15.9 Å². The van der Waals surface area contributed by atoms with E-state index in [9.17, 15) is 22.8 Å². The van der Waals surface area contributed by atoms with Gasteiger partial charge in [-0.05, 0) is 24.3 Å². The third-order valence-corrected chi connectivity index (χ3v) is 4.16. The summed E-state index contributed by atoms with van der Waals surface area (Å²) in [6.45, 7) is 0.0521. The first-order valence-electron chi connectivity index (χ1n) is 7.58. The van der Waals surface area contributed by atoms with Crippen LogP contribution in [0.15, 0.2) is 47.6 Å². The summed E-state index contributed by atoms with van der Waals surface area (Å²) in [4.78, 5) is 27.8. The van der Waals surface area contributed by atoms with E-state index < -0.39 is 23.6 Å². The quantitative estimate of drug-likeness (QED) is 0.584. The highest BCUT2D eigenvalue weighted by Gasteiger charge is 2.30. The smallest absolute Gasteiger partial charge is 0.341 e. The molecule has 0 saturated heterocycles. The maximum absolute atomic E-state index is 12.5. The highest BCUT2D eigenvalue weighted by atomic mass is 32.2. The van der Waals surface area contributed by atoms with Gasteiger partial charge in [0.2, 0.25) is 5.91 Å². The average molecular weight is 393 g/mol. The highest BCUT2D eigenvalue weighted by Crippen LogP contribution is 2.29. The number of anilines is 1. The third-order valence-electron chi connectivity index (χ3n) is 3.21. The van der Waals surface area contributed by atoms with Gasteiger partial charge in [0.25, 0.3) is 5.91 Å². The predicted molar refractivity (Wildman–Crippen MR) is 96.2 cm³/mol. The van der Waals surface area contributed by atoms with Crippen LogP contribution in [0.3, 0.4) is 0 Å². The molecule has 0 radical (unpaired) electrons. The molecule has 0 aliphatic rings. The first kappa shape index (κ1) is 20.3. The summed E-state index contributed by atoms with van der Waals surface area (Å²) in [5.74, 6) is 1.33. The number of thioether (sulfide) groups is 1. The van der Waals surface area contributed by atoms with Gasteiger partial charge in [0, 0.05) is 6.20 Å². The molecule has 0 aliphatic heterocycles. The van der Waals surface area contributed by atoms with Crippen molar-refractivity contribution in [3.8, 4) is 12.3 Å². The van der Waals surface area contributed by atoms with Crippen LogP contribution in [0.2, 0.25) is 0 Å². The van der Waals surface area contributed by atoms with Crippen molar-refractivity contribution in [1.29, 1.82) is 0 Å². The van der Waals surface area contributed by atoms with Crippen molar-refractivity contribution in [2.75, 3.05) is 17.6 Å². The second-order valence-electron chi connectivity index (χ2n) is 5.15. The van der Waals surface area contributed by atoms with E-state index in [4.69, 9.17) is 6.42 Å². The standard InChI is InChI=1S/C18H14F3N3O2S/c1-2-9-22-17(26)13-5-3-4-6-14(13)24-15(25)11-27-16-8-7-12(10-23-16)18(19,20)21/h1,3-8,10H,9,11H2,(H,22,26)(H,24,25). The number of terminal acetylenes is 1. The number of rotatable bonds is 6. The Bertz CT molecular complexity index is 861. The summed E-state index contributed by atoms with van der Waals surface area (Å²) in [5, 5.41) is 5.37. The molecular weight excluding hydrogens is 379 g/mol. The molecule has 5 nitrogen and oxygen atoms in total. The second-order valence-corrected chi connectivity index (χ2v) is 6.15. The number of nitrogens with one attached hydrogen (secondary N) is 2. The van der Waals surface area contributed by atoms with E-state index in [1.807, 2.05) is 0 Å². The van der Waals surface area contributed by atoms with Gasteiger partial charge in [-0.1, -0.05) is 29.8 Å². The lowest BCUT2D eigenvalue weighted by Crippen LogP contribution is -2.25. The molecule has 2 N–H and O–H groups in total. The van der Waals surface area contributed by atoms with Crippen LogP contribution in [-0.2, 0) is 11.0 Å². The molecule has 0 unspecified atom stereocenters. The van der Waals surface area contributed by atoms with E-state index in [1.165, 1.54) is 12.1 Å². The molecule has 9 heteroatoms. The van der Waals surface area contributed by atoms with Gasteiger partial charge in [-0.25, -0.2) is 4.98 Å². The number of carbonyl (C=O) groups excluding carboxylic acids is 2. The molecule has 2 amide bonds. The van der Waals surface area contributed by atoms with Crippen LogP contribution in [0, 0.1) is 12.3 Å². The lowest BCUT2D eigenvalue weighted by atomic mass is 10.1. The van der Waals surface area contributed by atoms with Gasteiger partial charge in [0.1, 0.15) is 0 Å². The molecule has 140 valence electrons. The van der Waals surface area contributed by atoms with Crippen molar-refractivity contribution >= 4 is 29.3 Å². The van der Waals surface area contributed by atoms with Crippen LogP contribution in [-0.4, -0.2) is 29.1 Å². The Labute approximate surface area is 157 Å². The number of aromatic nitrogens is 1. The van der Waals surface area contributed by atoms with Gasteiger partial charge in [-0.3, -0.25) is 9.59 Å². The Hall–Kier alpha value is -2.99. The summed E-state index contributed by atoms with van der Waals surface area (Å²) in [5.41, 5.74) is -0.306. The number of para-hydroxylation sites is 1. The average Bonchev–Trinajstić information content (AvgIpc) is 2.64. The minimum atomic E-state index is -4.46. The molecule has 0 bridgehead atoms. The zero-order valence-electron chi connectivity index (χ0n) is 13.8. The predicted octanol–water partition coefficient (Wildman–Crippen LogP) is 3.19. The van der Waals surface area contributed by atoms with Gasteiger partial charge in [-0.2, -0.15) is 13.2 Å². The van der Waals surface area contributed by atoms with Gasteiger partial charge >= 0.3 is 6.18 Å². The van der Waals surface area contributed by atoms with E-state index in [2.05, 4.69) is 21.5 Å². The molecule has 27 heavy (non-hydrogen) atoms. The third kappa shape index (κ3) is 6.04. The Morgan fingerprint density at radius 1 is 1.19 bits per heavy atom. The largest absolute Gasteiger partial charge is 0.417 e. The van der Waals surface area contributed by atoms with E-state index >= 15 is 0 Å². The molecule has 0 spiro atoms. The number of hydrogen-bond donors (Lipinski definition) is 2. The van der Waals surface area contributed by atoms with Crippen LogP contribution < -0.4 is 10.6 Å². The fourth-order valence-corrected chi connectivity index (χ4v) is 2.62. The summed E-state index contributed by atoms with van der Waals surface area (Å²) in [7, 11) is 0. The van der Waals surface area contributed by atoms with Crippen LogP contribution >= 0.6 is 11.8 Å². The molecule has 1 aromatic carbocycles. The Morgan fingerprint density at radius 3 is 2.56 bits per heavy atom. The van der Waals surface area contributed by atoms with Crippen molar-refractivity contribution in [1.82, 2.24) is 10.3 Å². The topological polar surface area (TPSA) is 71.1 Å². The highest BCUT2D eigenvalue weighted by molar-refractivity contribution is 7.99. The van der Waals surface area contributed by atoms with E-state index in [0.29, 0.717) is 11.9 Å². The van der Waals surface area contributed by atoms with Gasteiger partial charge < -0.3 is 10.6 Å². The van der Waals surface area contributed by atoms with Crippen molar-refractivity contribution in [2.24, 2.45) is 0 Å². The maximum Gasteiger partial charge on any atom is 0.417 e. The van der Waals surface area contributed by atoms with Crippen LogP contribution in [0.5, 0.6) is 0 Å². The number of hydrogen-bond acceptors (Lipinski definition) is 4. The van der Waals surface area contributed by atoms with Crippen LogP contribution in [0.4, 0.5) is 18.9 Å². The molecule has 0 atom stereocenters. The van der Waals surface area contributed by atoms with E-state index in [1.54, 1.807) is 18.2 Å². The Balaban J connectivity index is 1.96. The molecule has 0 fully saturated rings. The number of carbonyl (C=O) groups is 2. The van der Waals surface area contributed by atoms with Gasteiger partial charge in [-0.15, -0.1) is 6.42 Å². The van der Waals surface area contributed by atoms with Crippen molar-refractivity contribution < 1.29 is 22.8 Å². The number of benzene rings is 1. The first-order chi connectivity index (χ1) is 12.8. The van der Waals surface area contributed by atoms with Crippen LogP contribution in [0.25, 0.3) is 0 Å². The molecule has 2 rings (SSSR count). The second kappa shape index (κ2) is 9.09. The molecular formula is C18H14F3N3O2S. The van der Waals surface area contributed by atoms with Crippen molar-refractivity contribution in [3.63, 3.8) is 0 Å². The molecule has 0 aliphatic carbocycles. The van der Waals surface area contributed by atoms with E-state index in [-0.39, 0.29) is 22.9 Å². The number of nitrogens with zero attached hydrogens (tertiary/aromatic N) is 1. The summed E-state index contributed by atoms with van der Waals surface area (Å²) < 4.78 is 37.5. The first-order valence-corrected chi connectivity index (χ1v) is 8.56. The monoisotopic (exact) mass is 393 g/mol. The molecule has 0 saturated carbocycles. The molecule has 1 heterocycles. The van der Waals surface area contributed by atoms with E-state index in [0.717, 1.165) is 17.8 Å². The zero-order valence-corrected chi connectivity index (χ0v) is 14.7. The normalized spacial score (nSPS) is 10.7. The summed E-state index contributed by atoms with van der Waals surface area (Å²) in [6.07, 6.45) is 1.35. The number of alkyl halides is 3. The zero-order chi connectivity index (χ0) is 19.9. The summed E-state index contributed by atoms with van der Waals surface area (Å²) in [6, 6.07) is 8.48. The Kier molecular flexibility index (Phi) is 6.85. The fourth-order valence-electron chi connectivity index (χ4n) is 1.98. The molecule has 1 aromatic heterocycles. The lowest BCUT2D eigenvalue weighted by molar-refractivity contribution is -0.137. The Morgan fingerprint density at radius 2 is 1.93 bits per heavy atom. The maximum atomic E-state index is 12.5. The van der Waals surface area contributed by atoms with Crippen molar-refractivity contribution in [3.05, 3.63) is 53.7 Å². The lowest BCUT2D eigenvalue weighted by Gasteiger charge is -2.10. The minimum absolute atomic E-state index is 0.0521. The summed E-state index contributed by atoms with van der Waals surface area (Å²) >= 11 is 0.978. The van der Waals surface area contributed by atoms with Gasteiger partial charge in [0.05, 0.1) is 34.1 Å². The number of halogens is 3. The molecule has 2 aromatic rings. The number of pyridine rings is 1.